The fourth-order valence-electron chi connectivity index (χ4n) is 5.62. The van der Waals surface area contributed by atoms with Gasteiger partial charge in [-0.1, -0.05) is 66.7 Å². The Morgan fingerprint density at radius 2 is 1.00 bits per heavy atom. The van der Waals surface area contributed by atoms with Crippen LogP contribution in [-0.2, 0) is 0 Å². The average molecular weight is 402 g/mol. The number of hydrogen-bond donors (Lipinski definition) is 0. The summed E-state index contributed by atoms with van der Waals surface area (Å²) in [7, 11) is 0. The minimum Gasteiger partial charge on any atom is -0.310 e. The van der Waals surface area contributed by atoms with Crippen LogP contribution in [0.4, 0.5) is 17.1 Å². The molecule has 0 aliphatic heterocycles. The lowest BCUT2D eigenvalue weighted by atomic mass is 9.66. The monoisotopic (exact) mass is 401 g/mol. The number of benzene rings is 4. The fraction of sp³-hybridized carbons (Fsp3) is 0.200. The van der Waals surface area contributed by atoms with Crippen LogP contribution in [0, 0.1) is 0 Å². The van der Waals surface area contributed by atoms with Gasteiger partial charge in [-0.2, -0.15) is 0 Å². The molecular weight excluding hydrogens is 374 g/mol. The molecule has 0 amide bonds. The normalized spacial score (nSPS) is 19.1. The van der Waals surface area contributed by atoms with E-state index in [1.165, 1.54) is 53.9 Å². The highest BCUT2D eigenvalue weighted by molar-refractivity contribution is 5.80. The molecule has 31 heavy (non-hydrogen) atoms. The third-order valence-corrected chi connectivity index (χ3v) is 7.16. The van der Waals surface area contributed by atoms with Crippen LogP contribution in [-0.4, -0.2) is 0 Å². The van der Waals surface area contributed by atoms with Crippen LogP contribution >= 0.6 is 0 Å². The summed E-state index contributed by atoms with van der Waals surface area (Å²) in [6.45, 7) is 0. The predicted molar refractivity (Wildman–Crippen MR) is 131 cm³/mol. The number of fused-ring (bicyclic) bond motifs is 2. The van der Waals surface area contributed by atoms with E-state index in [1.807, 2.05) is 0 Å². The molecule has 0 heterocycles. The predicted octanol–water partition coefficient (Wildman–Crippen LogP) is 8.58. The van der Waals surface area contributed by atoms with Gasteiger partial charge in [-0.3, -0.25) is 0 Å². The minimum absolute atomic E-state index is 0.772. The number of hydrogen-bond acceptors (Lipinski definition) is 1. The van der Waals surface area contributed by atoms with Crippen LogP contribution in [0.25, 0.3) is 11.1 Å². The maximum absolute atomic E-state index is 2.49. The quantitative estimate of drug-likeness (QED) is 0.331. The van der Waals surface area contributed by atoms with Crippen LogP contribution in [0.15, 0.2) is 103 Å². The molecule has 7 rings (SSSR count). The van der Waals surface area contributed by atoms with Crippen molar-refractivity contribution in [1.29, 1.82) is 0 Å². The van der Waals surface area contributed by atoms with Crippen molar-refractivity contribution in [2.45, 2.75) is 37.5 Å². The summed E-state index contributed by atoms with van der Waals surface area (Å²) in [6.07, 6.45) is 5.51. The Morgan fingerprint density at radius 3 is 1.65 bits per heavy atom. The highest BCUT2D eigenvalue weighted by Crippen LogP contribution is 2.50. The summed E-state index contributed by atoms with van der Waals surface area (Å²) < 4.78 is 0. The molecule has 0 N–H and O–H groups in total. The highest BCUT2D eigenvalue weighted by atomic mass is 15.1. The van der Waals surface area contributed by atoms with E-state index < -0.39 is 0 Å². The Hall–Kier alpha value is -3.32. The van der Waals surface area contributed by atoms with Gasteiger partial charge in [0.1, 0.15) is 0 Å². The molecule has 0 spiro atoms. The molecule has 0 saturated heterocycles. The second-order valence-electron chi connectivity index (χ2n) is 8.95. The van der Waals surface area contributed by atoms with Crippen molar-refractivity contribution in [3.05, 3.63) is 114 Å². The van der Waals surface area contributed by atoms with Gasteiger partial charge in [-0.15, -0.1) is 0 Å². The Bertz CT molecular complexity index is 1150. The molecule has 0 aromatic heterocycles. The molecule has 1 fully saturated rings. The number of nitrogens with zero attached hydrogens (tertiary/aromatic N) is 1. The van der Waals surface area contributed by atoms with Gasteiger partial charge in [-0.25, -0.2) is 0 Å². The molecule has 4 aromatic rings. The second-order valence-corrected chi connectivity index (χ2v) is 8.95. The Kier molecular flexibility index (Phi) is 4.61. The Morgan fingerprint density at radius 1 is 0.452 bits per heavy atom. The van der Waals surface area contributed by atoms with Crippen LogP contribution in [0.1, 0.15) is 48.6 Å². The van der Waals surface area contributed by atoms with E-state index in [1.54, 1.807) is 11.1 Å². The van der Waals surface area contributed by atoms with Crippen LogP contribution in [0.2, 0.25) is 0 Å². The molecule has 1 saturated carbocycles. The number of para-hydroxylation sites is 2. The van der Waals surface area contributed by atoms with Crippen molar-refractivity contribution in [1.82, 2.24) is 0 Å². The van der Waals surface area contributed by atoms with Gasteiger partial charge in [-0.05, 0) is 96.2 Å². The molecule has 3 aliphatic rings. The van der Waals surface area contributed by atoms with Gasteiger partial charge in [0.25, 0.3) is 0 Å². The zero-order valence-corrected chi connectivity index (χ0v) is 17.7. The van der Waals surface area contributed by atoms with Crippen molar-refractivity contribution in [3.63, 3.8) is 0 Å². The van der Waals surface area contributed by atoms with E-state index in [-0.39, 0.29) is 0 Å². The molecule has 3 aliphatic carbocycles. The first kappa shape index (κ1) is 18.4. The van der Waals surface area contributed by atoms with Crippen molar-refractivity contribution >= 4 is 17.1 Å². The molecular formula is C30H27N. The van der Waals surface area contributed by atoms with E-state index >= 15 is 0 Å². The lowest BCUT2D eigenvalue weighted by Crippen LogP contribution is -2.21. The first-order valence-corrected chi connectivity index (χ1v) is 11.5. The van der Waals surface area contributed by atoms with E-state index in [2.05, 4.69) is 108 Å². The van der Waals surface area contributed by atoms with Gasteiger partial charge >= 0.3 is 0 Å². The standard InChI is InChI=1S/C30H27N/c1-3-9-26(10-4-1)31(27-11-5-2-6-12-27)28-13-7-8-24(20-28)25-18-19-29-22-14-16-23(17-15-22)30(29)21-25/h1-13,18-23H,14-17H2. The van der Waals surface area contributed by atoms with Crippen LogP contribution in [0.3, 0.4) is 0 Å². The lowest BCUT2D eigenvalue weighted by molar-refractivity contribution is 0.359. The molecule has 0 radical (unpaired) electrons. The first-order valence-electron chi connectivity index (χ1n) is 11.5. The van der Waals surface area contributed by atoms with Gasteiger partial charge in [0.15, 0.2) is 0 Å². The van der Waals surface area contributed by atoms with E-state index in [4.69, 9.17) is 0 Å². The summed E-state index contributed by atoms with van der Waals surface area (Å²) in [5.74, 6) is 1.57. The van der Waals surface area contributed by atoms with Crippen molar-refractivity contribution in [2.24, 2.45) is 0 Å². The summed E-state index contributed by atoms with van der Waals surface area (Å²) >= 11 is 0. The van der Waals surface area contributed by atoms with E-state index in [0.29, 0.717) is 0 Å². The zero-order valence-electron chi connectivity index (χ0n) is 17.7. The van der Waals surface area contributed by atoms with Gasteiger partial charge < -0.3 is 4.90 Å². The third-order valence-electron chi connectivity index (χ3n) is 7.16. The highest BCUT2D eigenvalue weighted by Gasteiger charge is 2.32. The smallest absolute Gasteiger partial charge is 0.0467 e. The molecule has 0 atom stereocenters. The first-order chi connectivity index (χ1) is 15.4. The van der Waals surface area contributed by atoms with Crippen molar-refractivity contribution in [2.75, 3.05) is 4.90 Å². The van der Waals surface area contributed by atoms with Crippen molar-refractivity contribution < 1.29 is 0 Å². The molecule has 1 nitrogen and oxygen atoms in total. The molecule has 4 aromatic carbocycles. The summed E-state index contributed by atoms with van der Waals surface area (Å²) in [4.78, 5) is 2.34. The Labute approximate surface area is 185 Å². The molecule has 0 unspecified atom stereocenters. The average Bonchev–Trinajstić information content (AvgIpc) is 2.86. The van der Waals surface area contributed by atoms with Gasteiger partial charge in [0, 0.05) is 17.1 Å². The van der Waals surface area contributed by atoms with Crippen LogP contribution in [0.5, 0.6) is 0 Å². The maximum atomic E-state index is 2.49. The minimum atomic E-state index is 0.772. The van der Waals surface area contributed by atoms with Gasteiger partial charge in [0.05, 0.1) is 0 Å². The third kappa shape index (κ3) is 3.35. The number of anilines is 3. The zero-order chi connectivity index (χ0) is 20.6. The summed E-state index contributed by atoms with van der Waals surface area (Å²) in [6, 6.07) is 37.5. The van der Waals surface area contributed by atoms with Crippen molar-refractivity contribution in [3.8, 4) is 11.1 Å². The molecule has 2 bridgehead atoms. The van der Waals surface area contributed by atoms with Gasteiger partial charge in [0.2, 0.25) is 0 Å². The Balaban J connectivity index is 1.43. The summed E-state index contributed by atoms with van der Waals surface area (Å²) in [5, 5.41) is 0. The van der Waals surface area contributed by atoms with E-state index in [0.717, 1.165) is 11.8 Å². The maximum Gasteiger partial charge on any atom is 0.0467 e. The summed E-state index contributed by atoms with van der Waals surface area (Å²) in [5.41, 5.74) is 9.41. The lowest BCUT2D eigenvalue weighted by Gasteiger charge is -2.38. The van der Waals surface area contributed by atoms with E-state index in [9.17, 15) is 0 Å². The molecule has 1 heteroatoms. The second kappa shape index (κ2) is 7.74. The topological polar surface area (TPSA) is 3.24 Å². The number of rotatable bonds is 4. The molecule has 152 valence electrons. The fourth-order valence-corrected chi connectivity index (χ4v) is 5.62. The SMILES string of the molecule is c1ccc(N(c2ccccc2)c2cccc(-c3ccc4c(c3)C3CCC4CC3)c2)cc1. The largest absolute Gasteiger partial charge is 0.310 e. The van der Waals surface area contributed by atoms with Crippen LogP contribution < -0.4 is 4.90 Å².